The van der Waals surface area contributed by atoms with Crippen LogP contribution >= 0.6 is 0 Å². The van der Waals surface area contributed by atoms with E-state index in [2.05, 4.69) is 61.1 Å². The van der Waals surface area contributed by atoms with Crippen molar-refractivity contribution >= 4 is 5.97 Å². The number of hydrogen-bond donors (Lipinski definition) is 1. The Morgan fingerprint density at radius 2 is 0.575 bits per heavy atom. The molecule has 0 aromatic rings. The molecule has 0 amide bonds. The zero-order valence-electron chi connectivity index (χ0n) is 59.8. The third-order valence-electron chi connectivity index (χ3n) is 18.7. The number of esters is 1. The second-order valence-corrected chi connectivity index (χ2v) is 27.5. The summed E-state index contributed by atoms with van der Waals surface area (Å²) in [6, 6.07) is -0.137. The van der Waals surface area contributed by atoms with E-state index in [0.717, 1.165) is 116 Å². The van der Waals surface area contributed by atoms with Crippen molar-refractivity contribution in [2.24, 2.45) is 5.18 Å². The third-order valence-corrected chi connectivity index (χ3v) is 18.7. The second-order valence-electron chi connectivity index (χ2n) is 27.5. The number of unbranched alkanes of at least 4 members (excludes halogenated alkanes) is 47. The summed E-state index contributed by atoms with van der Waals surface area (Å²) in [5.74, 6) is 0.790. The molecule has 0 bridgehead atoms. The summed E-state index contributed by atoms with van der Waals surface area (Å²) in [7, 11) is 0. The average molecular weight is 1230 g/mol. The first-order valence-electron chi connectivity index (χ1n) is 39.5. The van der Waals surface area contributed by atoms with Gasteiger partial charge in [-0.15, -0.1) is 0 Å². The second kappa shape index (κ2) is 71.9. The van der Waals surface area contributed by atoms with E-state index in [4.69, 9.17) is 9.47 Å². The van der Waals surface area contributed by atoms with Gasteiger partial charge in [0.15, 0.2) is 0 Å². The summed E-state index contributed by atoms with van der Waals surface area (Å²) in [5, 5.41) is 15.5. The fraction of sp³-hybridized carbons (Fsp3) is 0.962. The van der Waals surface area contributed by atoms with Crippen LogP contribution in [0.1, 0.15) is 401 Å². The monoisotopic (exact) mass is 1230 g/mol. The van der Waals surface area contributed by atoms with Crippen LogP contribution < -0.4 is 0 Å². The lowest BCUT2D eigenvalue weighted by atomic mass is 10.0. The number of nitrogens with zero attached hydrogens (tertiary/aromatic N) is 4. The van der Waals surface area contributed by atoms with Crippen molar-refractivity contribution in [1.82, 2.24) is 14.7 Å². The number of ether oxygens (including phenoxy) is 2. The Morgan fingerprint density at radius 1 is 0.333 bits per heavy atom. The van der Waals surface area contributed by atoms with E-state index in [0.29, 0.717) is 26.1 Å². The molecule has 0 fully saturated rings. The molecule has 0 heterocycles. The Kier molecular flexibility index (Phi) is 70.6. The van der Waals surface area contributed by atoms with Gasteiger partial charge in [0.2, 0.25) is 0 Å². The predicted octanol–water partition coefficient (Wildman–Crippen LogP) is 23.8. The summed E-state index contributed by atoms with van der Waals surface area (Å²) >= 11 is 0. The number of aliphatic hydroxyl groups excluding tert-OH is 1. The van der Waals surface area contributed by atoms with E-state index in [1.807, 2.05) is 0 Å². The molecule has 0 aliphatic heterocycles. The van der Waals surface area contributed by atoms with Gasteiger partial charge in [-0.05, 0) is 97.1 Å². The van der Waals surface area contributed by atoms with Crippen molar-refractivity contribution in [2.75, 3.05) is 72.1 Å². The molecule has 9 heteroatoms. The fourth-order valence-electron chi connectivity index (χ4n) is 12.8. The van der Waals surface area contributed by atoms with Crippen LogP contribution in [-0.2, 0) is 14.3 Å². The molecule has 0 radical (unpaired) electrons. The molecular formula is C78H156N4O5. The summed E-state index contributed by atoms with van der Waals surface area (Å²) in [6.07, 6.45) is 72.1. The van der Waals surface area contributed by atoms with E-state index < -0.39 is 6.10 Å². The summed E-state index contributed by atoms with van der Waals surface area (Å²) < 4.78 is 11.9. The molecule has 87 heavy (non-hydrogen) atoms. The summed E-state index contributed by atoms with van der Waals surface area (Å²) in [4.78, 5) is 32.3. The zero-order chi connectivity index (χ0) is 63.2. The molecule has 0 aromatic carbocycles. The van der Waals surface area contributed by atoms with E-state index in [1.54, 1.807) is 0 Å². The van der Waals surface area contributed by atoms with Gasteiger partial charge in [-0.3, -0.25) is 4.79 Å². The number of carbonyl (C=O) groups excluding carboxylic acids is 1. The van der Waals surface area contributed by atoms with Gasteiger partial charge in [0.1, 0.15) is 6.04 Å². The highest BCUT2D eigenvalue weighted by molar-refractivity contribution is 5.69. The van der Waals surface area contributed by atoms with E-state index in [1.165, 1.54) is 302 Å². The minimum Gasteiger partial charge on any atom is -0.499 e. The molecular weight excluding hydrogens is 1070 g/mol. The molecule has 2 unspecified atom stereocenters. The quantitative estimate of drug-likeness (QED) is 0.0279. The van der Waals surface area contributed by atoms with Gasteiger partial charge in [0, 0.05) is 32.5 Å². The highest BCUT2D eigenvalue weighted by Gasteiger charge is 2.18. The first-order valence-corrected chi connectivity index (χ1v) is 39.5. The van der Waals surface area contributed by atoms with Gasteiger partial charge in [-0.2, -0.15) is 4.91 Å². The Balaban J connectivity index is 5.45. The van der Waals surface area contributed by atoms with Crippen LogP contribution in [0.4, 0.5) is 0 Å². The maximum atomic E-state index is 13.0. The Bertz CT molecular complexity index is 1320. The molecule has 1 N–H and O–H groups in total. The first-order chi connectivity index (χ1) is 42.8. The molecule has 9 nitrogen and oxygen atoms in total. The van der Waals surface area contributed by atoms with Crippen molar-refractivity contribution in [3.05, 3.63) is 17.2 Å². The van der Waals surface area contributed by atoms with Crippen LogP contribution in [0.25, 0.3) is 0 Å². The summed E-state index contributed by atoms with van der Waals surface area (Å²) in [5.41, 5.74) is 0. The van der Waals surface area contributed by atoms with Crippen LogP contribution in [0.2, 0.25) is 0 Å². The lowest BCUT2D eigenvalue weighted by Gasteiger charge is -2.30. The van der Waals surface area contributed by atoms with Crippen molar-refractivity contribution in [2.45, 2.75) is 413 Å². The largest absolute Gasteiger partial charge is 0.499 e. The van der Waals surface area contributed by atoms with Crippen LogP contribution in [0.3, 0.4) is 0 Å². The predicted molar refractivity (Wildman–Crippen MR) is 382 cm³/mol. The normalized spacial score (nSPS) is 12.5. The Labute approximate surface area is 544 Å². The van der Waals surface area contributed by atoms with Gasteiger partial charge < -0.3 is 29.3 Å². The highest BCUT2D eigenvalue weighted by atomic mass is 16.5. The molecule has 0 rings (SSSR count). The standard InChI is InChI=1S/C78H156N4O5/c1-7-12-16-20-24-28-32-36-40-44-48-52-58-70-86-75(6)62-60-68-82(69-61-63-78(84)87-71-59-53-49-45-41-37-33-29-25-21-17-13-8-2)74-77(83)73-81(65-55-51-47-43-39-35-31-27-23-19-15-10-4)67-57-56-66-80(72-76(11-5)79-85)64-54-50-46-42-38-34-30-26-22-18-14-9-3/h76-77,83H,6-74H2,1-5H3. The zero-order valence-corrected chi connectivity index (χ0v) is 59.8. The van der Waals surface area contributed by atoms with Gasteiger partial charge in [-0.1, -0.05) is 342 Å². The Hall–Kier alpha value is -1.55. The molecule has 0 saturated heterocycles. The van der Waals surface area contributed by atoms with Crippen molar-refractivity contribution in [3.63, 3.8) is 0 Å². The third kappa shape index (κ3) is 65.7. The van der Waals surface area contributed by atoms with Crippen molar-refractivity contribution in [1.29, 1.82) is 0 Å². The number of nitroso groups, excluding NO2 is 1. The maximum Gasteiger partial charge on any atom is 0.305 e. The topological polar surface area (TPSA) is 94.9 Å². The van der Waals surface area contributed by atoms with E-state index >= 15 is 0 Å². The molecule has 0 aliphatic rings. The van der Waals surface area contributed by atoms with Gasteiger partial charge in [0.05, 0.1) is 25.1 Å². The summed E-state index contributed by atoms with van der Waals surface area (Å²) in [6.45, 7) is 24.6. The number of allylic oxidation sites excluding steroid dienone is 1. The van der Waals surface area contributed by atoms with Crippen molar-refractivity contribution < 1.29 is 19.4 Å². The highest BCUT2D eigenvalue weighted by Crippen LogP contribution is 2.19. The lowest BCUT2D eigenvalue weighted by molar-refractivity contribution is -0.144. The molecule has 0 spiro atoms. The number of carbonyl (C=O) groups is 1. The number of rotatable bonds is 76. The van der Waals surface area contributed by atoms with Gasteiger partial charge >= 0.3 is 5.97 Å². The van der Waals surface area contributed by atoms with Crippen LogP contribution in [-0.4, -0.2) is 110 Å². The molecule has 0 saturated carbocycles. The van der Waals surface area contributed by atoms with Crippen LogP contribution in [0.5, 0.6) is 0 Å². The van der Waals surface area contributed by atoms with Gasteiger partial charge in [-0.25, -0.2) is 0 Å². The van der Waals surface area contributed by atoms with Gasteiger partial charge in [0.25, 0.3) is 0 Å². The number of aliphatic hydroxyl groups is 1. The number of hydrogen-bond acceptors (Lipinski definition) is 9. The first kappa shape index (κ1) is 85.5. The molecule has 518 valence electrons. The smallest absolute Gasteiger partial charge is 0.305 e. The average Bonchev–Trinajstić information content (AvgIpc) is 3.51. The minimum atomic E-state index is -0.480. The van der Waals surface area contributed by atoms with Crippen LogP contribution in [0, 0.1) is 4.91 Å². The molecule has 2 atom stereocenters. The fourth-order valence-corrected chi connectivity index (χ4v) is 12.8. The van der Waals surface area contributed by atoms with Crippen molar-refractivity contribution in [3.8, 4) is 0 Å². The molecule has 0 aliphatic carbocycles. The Morgan fingerprint density at radius 3 is 0.874 bits per heavy atom. The lowest BCUT2D eigenvalue weighted by Crippen LogP contribution is -2.42. The van der Waals surface area contributed by atoms with E-state index in [9.17, 15) is 14.8 Å². The minimum absolute atomic E-state index is 0.0850. The SMILES string of the molecule is C=C(CCCN(CCCC(=O)OCCCCCCCCCCCCCCC)CC(O)CN(CCCCCCCCCCCCCC)CCCCN(CCCCCCCCCCCCCC)CC(CC)N=O)OCCCCCCCCCCCCCCC. The van der Waals surface area contributed by atoms with E-state index in [-0.39, 0.29) is 12.0 Å². The maximum absolute atomic E-state index is 13.0. The molecule has 0 aromatic heterocycles. The van der Waals surface area contributed by atoms with Crippen LogP contribution in [0.15, 0.2) is 17.5 Å².